The molecule has 0 unspecified atom stereocenters. The topological polar surface area (TPSA) is 68.9 Å². The standard InChI is InChI=1S/C24H30N6O.HI/c1-2-26-24(30-14-12-29(13-15-30)22-8-3-4-9-23(22)31)27-17-20-6-5-7-21(16-20)18-28-11-10-25-19-28;/h3-11,16,19,31H,2,12-15,17-18H2,1H3,(H,26,27);1H. The molecule has 0 radical (unpaired) electrons. The lowest BCUT2D eigenvalue weighted by Gasteiger charge is -2.37. The molecule has 0 saturated carbocycles. The van der Waals surface area contributed by atoms with Crippen LogP contribution in [0.2, 0.25) is 0 Å². The van der Waals surface area contributed by atoms with Crippen LogP contribution >= 0.6 is 24.0 Å². The van der Waals surface area contributed by atoms with E-state index in [1.54, 1.807) is 12.3 Å². The molecule has 0 aliphatic carbocycles. The maximum absolute atomic E-state index is 10.1. The first-order chi connectivity index (χ1) is 15.2. The molecule has 0 amide bonds. The Morgan fingerprint density at radius 3 is 2.56 bits per heavy atom. The zero-order valence-corrected chi connectivity index (χ0v) is 20.7. The van der Waals surface area contributed by atoms with Crippen LogP contribution in [0.1, 0.15) is 18.1 Å². The van der Waals surface area contributed by atoms with Gasteiger partial charge in [0.15, 0.2) is 5.96 Å². The number of halogens is 1. The summed E-state index contributed by atoms with van der Waals surface area (Å²) in [7, 11) is 0. The van der Waals surface area contributed by atoms with Crippen LogP contribution in [0.15, 0.2) is 72.2 Å². The molecule has 170 valence electrons. The molecule has 0 atom stereocenters. The molecular formula is C24H31IN6O. The van der Waals surface area contributed by atoms with Crippen LogP contribution in [0.4, 0.5) is 5.69 Å². The number of anilines is 1. The highest BCUT2D eigenvalue weighted by Gasteiger charge is 2.21. The summed E-state index contributed by atoms with van der Waals surface area (Å²) in [5.41, 5.74) is 3.34. The van der Waals surface area contributed by atoms with Crippen molar-refractivity contribution < 1.29 is 5.11 Å². The predicted octanol–water partition coefficient (Wildman–Crippen LogP) is 3.54. The second-order valence-corrected chi connectivity index (χ2v) is 7.69. The van der Waals surface area contributed by atoms with E-state index in [4.69, 9.17) is 4.99 Å². The number of para-hydroxylation sites is 2. The lowest BCUT2D eigenvalue weighted by Crippen LogP contribution is -2.52. The average molecular weight is 546 g/mol. The Balaban J connectivity index is 0.00000289. The number of aliphatic imine (C=N–C) groups is 1. The summed E-state index contributed by atoms with van der Waals surface area (Å²) in [6.45, 7) is 7.80. The summed E-state index contributed by atoms with van der Waals surface area (Å²) < 4.78 is 2.07. The number of nitrogens with zero attached hydrogens (tertiary/aromatic N) is 5. The van der Waals surface area contributed by atoms with Gasteiger partial charge in [0, 0.05) is 51.7 Å². The first-order valence-electron chi connectivity index (χ1n) is 10.8. The Bertz CT molecular complexity index is 999. The van der Waals surface area contributed by atoms with Crippen molar-refractivity contribution in [1.29, 1.82) is 0 Å². The zero-order chi connectivity index (χ0) is 21.5. The van der Waals surface area contributed by atoms with Gasteiger partial charge in [0.05, 0.1) is 18.6 Å². The minimum Gasteiger partial charge on any atom is -0.506 e. The van der Waals surface area contributed by atoms with E-state index in [2.05, 4.69) is 55.9 Å². The highest BCUT2D eigenvalue weighted by molar-refractivity contribution is 14.0. The monoisotopic (exact) mass is 546 g/mol. The lowest BCUT2D eigenvalue weighted by molar-refractivity contribution is 0.369. The fraction of sp³-hybridized carbons (Fsp3) is 0.333. The van der Waals surface area contributed by atoms with E-state index in [0.29, 0.717) is 12.3 Å². The van der Waals surface area contributed by atoms with E-state index in [9.17, 15) is 5.11 Å². The second kappa shape index (κ2) is 11.8. The molecule has 1 aromatic heterocycles. The van der Waals surface area contributed by atoms with Gasteiger partial charge < -0.3 is 24.8 Å². The Labute approximate surface area is 206 Å². The van der Waals surface area contributed by atoms with E-state index < -0.39 is 0 Å². The van der Waals surface area contributed by atoms with E-state index in [0.717, 1.165) is 50.9 Å². The molecule has 3 aromatic rings. The highest BCUT2D eigenvalue weighted by Crippen LogP contribution is 2.27. The Kier molecular flexibility index (Phi) is 8.78. The third-order valence-electron chi connectivity index (χ3n) is 5.46. The molecule has 2 heterocycles. The average Bonchev–Trinajstić information content (AvgIpc) is 3.30. The van der Waals surface area contributed by atoms with Gasteiger partial charge in [0.25, 0.3) is 0 Å². The molecule has 0 bridgehead atoms. The van der Waals surface area contributed by atoms with Crippen molar-refractivity contribution in [2.75, 3.05) is 37.6 Å². The molecule has 7 nitrogen and oxygen atoms in total. The maximum atomic E-state index is 10.1. The van der Waals surface area contributed by atoms with Gasteiger partial charge in [-0.2, -0.15) is 0 Å². The lowest BCUT2D eigenvalue weighted by atomic mass is 10.1. The minimum atomic E-state index is 0. The Morgan fingerprint density at radius 2 is 1.84 bits per heavy atom. The zero-order valence-electron chi connectivity index (χ0n) is 18.4. The number of piperazine rings is 1. The van der Waals surface area contributed by atoms with Crippen molar-refractivity contribution in [2.24, 2.45) is 4.99 Å². The quantitative estimate of drug-likeness (QED) is 0.281. The van der Waals surface area contributed by atoms with Gasteiger partial charge in [0.2, 0.25) is 0 Å². The van der Waals surface area contributed by atoms with Gasteiger partial charge in [0.1, 0.15) is 5.75 Å². The third kappa shape index (κ3) is 6.15. The normalized spacial score (nSPS) is 14.2. The molecule has 2 N–H and O–H groups in total. The SMILES string of the molecule is CCNC(=NCc1cccc(Cn2ccnc2)c1)N1CCN(c2ccccc2O)CC1.I. The molecule has 1 saturated heterocycles. The number of aromatic nitrogens is 2. The highest BCUT2D eigenvalue weighted by atomic mass is 127. The molecule has 1 fully saturated rings. The van der Waals surface area contributed by atoms with Crippen molar-refractivity contribution in [3.63, 3.8) is 0 Å². The van der Waals surface area contributed by atoms with Crippen molar-refractivity contribution in [2.45, 2.75) is 20.0 Å². The summed E-state index contributed by atoms with van der Waals surface area (Å²) in [5, 5.41) is 13.6. The van der Waals surface area contributed by atoms with E-state index >= 15 is 0 Å². The van der Waals surface area contributed by atoms with Crippen LogP contribution in [-0.4, -0.2) is 58.2 Å². The molecule has 0 spiro atoms. The van der Waals surface area contributed by atoms with Crippen LogP contribution < -0.4 is 10.2 Å². The van der Waals surface area contributed by atoms with Crippen LogP contribution in [0.25, 0.3) is 0 Å². The molecule has 2 aromatic carbocycles. The largest absolute Gasteiger partial charge is 0.506 e. The first-order valence-corrected chi connectivity index (χ1v) is 10.8. The summed E-state index contributed by atoms with van der Waals surface area (Å²) in [6, 6.07) is 16.1. The van der Waals surface area contributed by atoms with Gasteiger partial charge in [-0.05, 0) is 30.2 Å². The summed E-state index contributed by atoms with van der Waals surface area (Å²) >= 11 is 0. The fourth-order valence-corrected chi connectivity index (χ4v) is 3.90. The van der Waals surface area contributed by atoms with Crippen LogP contribution in [-0.2, 0) is 13.1 Å². The van der Waals surface area contributed by atoms with Gasteiger partial charge >= 0.3 is 0 Å². The van der Waals surface area contributed by atoms with Gasteiger partial charge in [-0.3, -0.25) is 0 Å². The van der Waals surface area contributed by atoms with Crippen molar-refractivity contribution >= 4 is 35.6 Å². The number of hydrogen-bond donors (Lipinski definition) is 2. The number of phenolic OH excluding ortho intramolecular Hbond substituents is 1. The van der Waals surface area contributed by atoms with Crippen molar-refractivity contribution in [1.82, 2.24) is 19.8 Å². The number of imidazole rings is 1. The van der Waals surface area contributed by atoms with Crippen LogP contribution in [0.3, 0.4) is 0 Å². The maximum Gasteiger partial charge on any atom is 0.194 e. The summed E-state index contributed by atoms with van der Waals surface area (Å²) in [5.74, 6) is 1.28. The third-order valence-corrected chi connectivity index (χ3v) is 5.46. The van der Waals surface area contributed by atoms with E-state index in [-0.39, 0.29) is 24.0 Å². The Morgan fingerprint density at radius 1 is 1.06 bits per heavy atom. The van der Waals surface area contributed by atoms with Crippen molar-refractivity contribution in [3.05, 3.63) is 78.4 Å². The summed E-state index contributed by atoms with van der Waals surface area (Å²) in [4.78, 5) is 13.5. The number of hydrogen-bond acceptors (Lipinski definition) is 4. The Hall–Kier alpha value is -2.75. The number of benzene rings is 2. The van der Waals surface area contributed by atoms with Gasteiger partial charge in [-0.1, -0.05) is 36.4 Å². The van der Waals surface area contributed by atoms with E-state index in [1.807, 2.05) is 30.7 Å². The molecule has 4 rings (SSSR count). The smallest absolute Gasteiger partial charge is 0.194 e. The summed E-state index contributed by atoms with van der Waals surface area (Å²) in [6.07, 6.45) is 5.61. The predicted molar refractivity (Wildman–Crippen MR) is 140 cm³/mol. The molecule has 32 heavy (non-hydrogen) atoms. The van der Waals surface area contributed by atoms with Gasteiger partial charge in [-0.15, -0.1) is 24.0 Å². The van der Waals surface area contributed by atoms with E-state index in [1.165, 1.54) is 11.1 Å². The molecule has 1 aliphatic rings. The van der Waals surface area contributed by atoms with Crippen molar-refractivity contribution in [3.8, 4) is 5.75 Å². The number of nitrogens with one attached hydrogen (secondary N) is 1. The van der Waals surface area contributed by atoms with Crippen LogP contribution in [0, 0.1) is 0 Å². The number of phenols is 1. The second-order valence-electron chi connectivity index (χ2n) is 7.69. The number of rotatable bonds is 6. The first kappa shape index (κ1) is 23.9. The molecule has 1 aliphatic heterocycles. The molecule has 8 heteroatoms. The minimum absolute atomic E-state index is 0. The fourth-order valence-electron chi connectivity index (χ4n) is 3.90. The number of aromatic hydroxyl groups is 1. The van der Waals surface area contributed by atoms with Gasteiger partial charge in [-0.25, -0.2) is 9.98 Å². The number of guanidine groups is 1. The molecular weight excluding hydrogens is 515 g/mol. The van der Waals surface area contributed by atoms with Crippen LogP contribution in [0.5, 0.6) is 5.75 Å².